The van der Waals surface area contributed by atoms with Crippen LogP contribution in [0.1, 0.15) is 5.56 Å². The molecule has 0 amide bonds. The van der Waals surface area contributed by atoms with Gasteiger partial charge in [0.05, 0.1) is 21.3 Å². The number of nitrogens with zero attached hydrogens (tertiary/aromatic N) is 2. The summed E-state index contributed by atoms with van der Waals surface area (Å²) in [6.45, 7) is 0. The highest BCUT2D eigenvalue weighted by atomic mass is 35.5. The maximum absolute atomic E-state index is 5.36. The predicted molar refractivity (Wildman–Crippen MR) is 97.8 cm³/mol. The van der Waals surface area contributed by atoms with E-state index in [4.69, 9.17) is 14.2 Å². The molecule has 0 spiro atoms. The normalized spacial score (nSPS) is 11.4. The lowest BCUT2D eigenvalue weighted by Crippen LogP contribution is -2.33. The molecule has 1 aromatic heterocycles. The SMILES string of the molecule is COc1cc(C2=Nc3cccnc3NN2)cc(OC)c1OC.Cl.Cl. The van der Waals surface area contributed by atoms with Crippen molar-refractivity contribution in [3.05, 3.63) is 36.0 Å². The maximum atomic E-state index is 5.36. The lowest BCUT2D eigenvalue weighted by atomic mass is 10.1. The molecule has 0 bridgehead atoms. The Labute approximate surface area is 152 Å². The summed E-state index contributed by atoms with van der Waals surface area (Å²) in [5.41, 5.74) is 7.58. The van der Waals surface area contributed by atoms with Crippen LogP contribution in [0.5, 0.6) is 17.2 Å². The second kappa shape index (κ2) is 8.47. The monoisotopic (exact) mass is 372 g/mol. The smallest absolute Gasteiger partial charge is 0.203 e. The number of aliphatic imine (C=N–C) groups is 1. The summed E-state index contributed by atoms with van der Waals surface area (Å²) in [5.74, 6) is 3.00. The number of ether oxygens (including phenoxy) is 3. The van der Waals surface area contributed by atoms with Crippen LogP contribution in [0.25, 0.3) is 0 Å². The number of anilines is 1. The molecule has 2 heterocycles. The Balaban J connectivity index is 0.00000144. The molecular weight excluding hydrogens is 355 g/mol. The molecule has 7 nitrogen and oxygen atoms in total. The highest BCUT2D eigenvalue weighted by Crippen LogP contribution is 2.38. The number of halogens is 2. The van der Waals surface area contributed by atoms with E-state index in [0.29, 0.717) is 28.9 Å². The Morgan fingerprint density at radius 3 is 2.17 bits per heavy atom. The Morgan fingerprint density at radius 1 is 0.917 bits per heavy atom. The summed E-state index contributed by atoms with van der Waals surface area (Å²) in [6, 6.07) is 7.38. The Bertz CT molecular complexity index is 715. The van der Waals surface area contributed by atoms with Gasteiger partial charge in [-0.05, 0) is 24.3 Å². The Kier molecular flexibility index (Phi) is 6.94. The average molecular weight is 373 g/mol. The van der Waals surface area contributed by atoms with E-state index < -0.39 is 0 Å². The molecule has 0 unspecified atom stereocenters. The van der Waals surface area contributed by atoms with Gasteiger partial charge in [0.1, 0.15) is 5.69 Å². The van der Waals surface area contributed by atoms with Gasteiger partial charge in [-0.3, -0.25) is 10.9 Å². The fourth-order valence-electron chi connectivity index (χ4n) is 2.20. The highest BCUT2D eigenvalue weighted by molar-refractivity contribution is 6.04. The van der Waals surface area contributed by atoms with Gasteiger partial charge in [-0.15, -0.1) is 24.8 Å². The van der Waals surface area contributed by atoms with Gasteiger partial charge in [-0.1, -0.05) is 0 Å². The standard InChI is InChI=1S/C15H16N4O3.2ClH/c1-20-11-7-9(8-12(21-2)13(11)22-3)14-17-10-5-4-6-16-15(10)19-18-14;;/h4-8H,1-3H3,(H,16,19)(H,17,18);2*1H. The number of nitrogens with one attached hydrogen (secondary N) is 2. The van der Waals surface area contributed by atoms with Crippen molar-refractivity contribution in [3.63, 3.8) is 0 Å². The van der Waals surface area contributed by atoms with Crippen molar-refractivity contribution in [3.8, 4) is 17.2 Å². The first-order chi connectivity index (χ1) is 10.8. The van der Waals surface area contributed by atoms with Crippen molar-refractivity contribution in [1.29, 1.82) is 0 Å². The molecule has 9 heteroatoms. The molecule has 2 N–H and O–H groups in total. The van der Waals surface area contributed by atoms with Crippen LogP contribution in [0.2, 0.25) is 0 Å². The number of fused-ring (bicyclic) bond motifs is 1. The zero-order valence-corrected chi connectivity index (χ0v) is 15.0. The van der Waals surface area contributed by atoms with E-state index >= 15 is 0 Å². The lowest BCUT2D eigenvalue weighted by molar-refractivity contribution is 0.324. The molecule has 24 heavy (non-hydrogen) atoms. The van der Waals surface area contributed by atoms with Crippen LogP contribution in [-0.2, 0) is 0 Å². The maximum Gasteiger partial charge on any atom is 0.203 e. The molecule has 3 rings (SSSR count). The number of rotatable bonds is 4. The molecule has 0 atom stereocenters. The number of amidine groups is 1. The molecular formula is C15H18Cl2N4O3. The number of hydrogen-bond acceptors (Lipinski definition) is 7. The summed E-state index contributed by atoms with van der Waals surface area (Å²) in [5, 5.41) is 0. The molecule has 0 aliphatic carbocycles. The van der Waals surface area contributed by atoms with Crippen molar-refractivity contribution in [1.82, 2.24) is 10.4 Å². The number of benzene rings is 1. The fourth-order valence-corrected chi connectivity index (χ4v) is 2.20. The van der Waals surface area contributed by atoms with Crippen molar-refractivity contribution in [2.45, 2.75) is 0 Å². The molecule has 1 aliphatic heterocycles. The van der Waals surface area contributed by atoms with Crippen LogP contribution >= 0.6 is 24.8 Å². The number of hydrogen-bond donors (Lipinski definition) is 2. The quantitative estimate of drug-likeness (QED) is 0.858. The van der Waals surface area contributed by atoms with E-state index in [0.717, 1.165) is 11.3 Å². The molecule has 1 aliphatic rings. The van der Waals surface area contributed by atoms with Gasteiger partial charge in [-0.25, -0.2) is 9.98 Å². The van der Waals surface area contributed by atoms with Crippen LogP contribution in [-0.4, -0.2) is 32.1 Å². The van der Waals surface area contributed by atoms with Crippen LogP contribution in [0, 0.1) is 0 Å². The summed E-state index contributed by atoms with van der Waals surface area (Å²) in [6.07, 6.45) is 1.70. The van der Waals surface area contributed by atoms with Crippen LogP contribution in [0.4, 0.5) is 11.5 Å². The van der Waals surface area contributed by atoms with Gasteiger partial charge < -0.3 is 14.2 Å². The third kappa shape index (κ3) is 3.58. The second-order valence-electron chi connectivity index (χ2n) is 4.50. The summed E-state index contributed by atoms with van der Waals surface area (Å²) < 4.78 is 16.0. The van der Waals surface area contributed by atoms with E-state index in [2.05, 4.69) is 20.8 Å². The summed E-state index contributed by atoms with van der Waals surface area (Å²) in [7, 11) is 4.73. The van der Waals surface area contributed by atoms with E-state index in [1.165, 1.54) is 0 Å². The number of aromatic nitrogens is 1. The Morgan fingerprint density at radius 2 is 1.58 bits per heavy atom. The highest BCUT2D eigenvalue weighted by Gasteiger charge is 2.18. The third-order valence-electron chi connectivity index (χ3n) is 3.26. The minimum atomic E-state index is 0. The van der Waals surface area contributed by atoms with Gasteiger partial charge in [0.2, 0.25) is 5.75 Å². The minimum absolute atomic E-state index is 0. The van der Waals surface area contributed by atoms with E-state index in [9.17, 15) is 0 Å². The fraction of sp³-hybridized carbons (Fsp3) is 0.200. The zero-order chi connectivity index (χ0) is 15.5. The van der Waals surface area contributed by atoms with Crippen molar-refractivity contribution in [2.24, 2.45) is 4.99 Å². The van der Waals surface area contributed by atoms with Crippen LogP contribution in [0.15, 0.2) is 35.5 Å². The van der Waals surface area contributed by atoms with Gasteiger partial charge >= 0.3 is 0 Å². The van der Waals surface area contributed by atoms with Crippen molar-refractivity contribution >= 4 is 42.2 Å². The van der Waals surface area contributed by atoms with Gasteiger partial charge in [-0.2, -0.15) is 0 Å². The van der Waals surface area contributed by atoms with Gasteiger partial charge in [0.25, 0.3) is 0 Å². The number of methoxy groups -OCH3 is 3. The first-order valence-corrected chi connectivity index (χ1v) is 6.63. The topological polar surface area (TPSA) is 77.0 Å². The molecule has 0 saturated carbocycles. The van der Waals surface area contributed by atoms with Gasteiger partial charge in [0.15, 0.2) is 23.2 Å². The third-order valence-corrected chi connectivity index (χ3v) is 3.26. The second-order valence-corrected chi connectivity index (χ2v) is 4.50. The first-order valence-electron chi connectivity index (χ1n) is 6.63. The van der Waals surface area contributed by atoms with E-state index in [1.54, 1.807) is 27.5 Å². The van der Waals surface area contributed by atoms with Crippen molar-refractivity contribution < 1.29 is 14.2 Å². The van der Waals surface area contributed by atoms with Gasteiger partial charge in [0, 0.05) is 11.8 Å². The first kappa shape index (κ1) is 19.7. The van der Waals surface area contributed by atoms with E-state index in [-0.39, 0.29) is 24.8 Å². The molecule has 2 aromatic rings. The molecule has 0 fully saturated rings. The Hall–Kier alpha value is -2.38. The zero-order valence-electron chi connectivity index (χ0n) is 13.3. The lowest BCUT2D eigenvalue weighted by Gasteiger charge is -2.20. The molecule has 0 radical (unpaired) electrons. The molecule has 1 aromatic carbocycles. The predicted octanol–water partition coefficient (Wildman–Crippen LogP) is 2.96. The number of pyridine rings is 1. The summed E-state index contributed by atoms with van der Waals surface area (Å²) in [4.78, 5) is 8.74. The van der Waals surface area contributed by atoms with E-state index in [1.807, 2.05) is 24.3 Å². The minimum Gasteiger partial charge on any atom is -0.493 e. The summed E-state index contributed by atoms with van der Waals surface area (Å²) >= 11 is 0. The van der Waals surface area contributed by atoms with Crippen LogP contribution < -0.4 is 25.1 Å². The molecule has 130 valence electrons. The number of hydrazine groups is 1. The average Bonchev–Trinajstić information content (AvgIpc) is 2.59. The van der Waals surface area contributed by atoms with Crippen LogP contribution in [0.3, 0.4) is 0 Å². The molecule has 0 saturated heterocycles. The van der Waals surface area contributed by atoms with Crippen molar-refractivity contribution in [2.75, 3.05) is 26.8 Å². The largest absolute Gasteiger partial charge is 0.493 e.